The van der Waals surface area contributed by atoms with Crippen LogP contribution in [0, 0.1) is 18.8 Å². The molecule has 1 saturated heterocycles. The molecule has 1 aliphatic heterocycles. The number of methoxy groups -OCH3 is 2. The molecule has 0 unspecified atom stereocenters. The Labute approximate surface area is 154 Å². The summed E-state index contributed by atoms with van der Waals surface area (Å²) < 4.78 is 10.5. The summed E-state index contributed by atoms with van der Waals surface area (Å²) >= 11 is 1.27. The van der Waals surface area contributed by atoms with Crippen LogP contribution in [0.3, 0.4) is 0 Å². The van der Waals surface area contributed by atoms with Crippen molar-refractivity contribution in [2.24, 2.45) is 11.8 Å². The first-order valence-electron chi connectivity index (χ1n) is 8.22. The van der Waals surface area contributed by atoms with Crippen molar-refractivity contribution >= 4 is 33.4 Å². The molecular weight excluding hydrogens is 358 g/mol. The lowest BCUT2D eigenvalue weighted by Gasteiger charge is -2.15. The van der Waals surface area contributed by atoms with Gasteiger partial charge in [0.1, 0.15) is 11.4 Å². The van der Waals surface area contributed by atoms with Crippen LogP contribution in [0.15, 0.2) is 0 Å². The number of thiophene rings is 1. The van der Waals surface area contributed by atoms with E-state index in [1.807, 2.05) is 13.8 Å². The van der Waals surface area contributed by atoms with Gasteiger partial charge in [0, 0.05) is 20.2 Å². The van der Waals surface area contributed by atoms with E-state index < -0.39 is 11.9 Å². The number of carbonyl (C=O) groups is 2. The van der Waals surface area contributed by atoms with Gasteiger partial charge in [-0.15, -0.1) is 11.3 Å². The molecule has 1 N–H and O–H groups in total. The van der Waals surface area contributed by atoms with E-state index in [0.717, 1.165) is 5.56 Å². The number of fused-ring (bicyclic) bond motifs is 1. The molecule has 2 aromatic rings. The van der Waals surface area contributed by atoms with Crippen LogP contribution in [-0.4, -0.2) is 59.2 Å². The monoisotopic (exact) mass is 379 g/mol. The average Bonchev–Trinajstić information content (AvgIpc) is 3.15. The summed E-state index contributed by atoms with van der Waals surface area (Å²) in [6, 6.07) is 0. The lowest BCUT2D eigenvalue weighted by Crippen LogP contribution is -2.29. The zero-order valence-corrected chi connectivity index (χ0v) is 15.9. The van der Waals surface area contributed by atoms with Crippen LogP contribution in [-0.2, 0) is 16.1 Å². The first-order valence-corrected chi connectivity index (χ1v) is 9.04. The molecule has 0 saturated carbocycles. The molecule has 140 valence electrons. The van der Waals surface area contributed by atoms with Crippen LogP contribution >= 0.6 is 11.3 Å². The van der Waals surface area contributed by atoms with Gasteiger partial charge in [-0.05, 0) is 18.4 Å². The lowest BCUT2D eigenvalue weighted by molar-refractivity contribution is -0.142. The highest BCUT2D eigenvalue weighted by Crippen LogP contribution is 2.36. The Morgan fingerprint density at radius 1 is 1.31 bits per heavy atom. The van der Waals surface area contributed by atoms with Gasteiger partial charge in [0.2, 0.25) is 5.88 Å². The second-order valence-electron chi connectivity index (χ2n) is 6.45. The minimum absolute atomic E-state index is 0.0752. The summed E-state index contributed by atoms with van der Waals surface area (Å²) in [4.78, 5) is 35.9. The molecule has 3 heterocycles. The predicted molar refractivity (Wildman–Crippen MR) is 95.6 cm³/mol. The number of carbonyl (C=O) groups excluding carboxylic acids is 1. The third-order valence-corrected chi connectivity index (χ3v) is 5.85. The maximum atomic E-state index is 13.0. The number of aromatic nitrogens is 2. The van der Waals surface area contributed by atoms with Crippen molar-refractivity contribution < 1.29 is 24.2 Å². The summed E-state index contributed by atoms with van der Waals surface area (Å²) in [5.41, 5.74) is 0.752. The summed E-state index contributed by atoms with van der Waals surface area (Å²) in [5.74, 6) is -0.745. The molecule has 0 radical (unpaired) electrons. The van der Waals surface area contributed by atoms with Gasteiger partial charge in [-0.1, -0.05) is 6.92 Å². The fourth-order valence-electron chi connectivity index (χ4n) is 3.29. The Bertz CT molecular complexity index is 866. The highest BCUT2D eigenvalue weighted by atomic mass is 32.1. The van der Waals surface area contributed by atoms with Crippen molar-refractivity contribution in [2.45, 2.75) is 20.5 Å². The second-order valence-corrected chi connectivity index (χ2v) is 7.45. The fraction of sp³-hybridized carbons (Fsp3) is 0.529. The Kier molecular flexibility index (Phi) is 5.10. The van der Waals surface area contributed by atoms with Crippen molar-refractivity contribution in [1.82, 2.24) is 14.9 Å². The van der Waals surface area contributed by atoms with Crippen molar-refractivity contribution in [2.75, 3.05) is 27.3 Å². The van der Waals surface area contributed by atoms with Gasteiger partial charge in [0.25, 0.3) is 5.91 Å². The van der Waals surface area contributed by atoms with E-state index in [1.165, 1.54) is 18.4 Å². The second kappa shape index (κ2) is 7.16. The predicted octanol–water partition coefficient (Wildman–Crippen LogP) is 1.95. The molecule has 3 rings (SSSR count). The number of carboxylic acids is 1. The van der Waals surface area contributed by atoms with E-state index >= 15 is 0 Å². The maximum absolute atomic E-state index is 13.0. The first kappa shape index (κ1) is 18.5. The van der Waals surface area contributed by atoms with E-state index in [0.29, 0.717) is 33.3 Å². The summed E-state index contributed by atoms with van der Waals surface area (Å²) in [7, 11) is 3.08. The van der Waals surface area contributed by atoms with E-state index in [2.05, 4.69) is 9.97 Å². The van der Waals surface area contributed by atoms with E-state index in [-0.39, 0.29) is 25.0 Å². The number of aliphatic carboxylic acids is 1. The molecule has 0 spiro atoms. The zero-order valence-electron chi connectivity index (χ0n) is 15.1. The molecule has 1 fully saturated rings. The zero-order chi connectivity index (χ0) is 19.0. The molecule has 8 nitrogen and oxygen atoms in total. The number of hydrogen-bond donors (Lipinski definition) is 1. The summed E-state index contributed by atoms with van der Waals surface area (Å²) in [6.45, 7) is 4.59. The molecule has 26 heavy (non-hydrogen) atoms. The fourth-order valence-corrected chi connectivity index (χ4v) is 4.45. The number of amides is 1. The Balaban J connectivity index is 1.99. The molecular formula is C17H21N3O5S. The van der Waals surface area contributed by atoms with E-state index in [4.69, 9.17) is 9.47 Å². The van der Waals surface area contributed by atoms with Gasteiger partial charge in [-0.25, -0.2) is 4.98 Å². The van der Waals surface area contributed by atoms with Gasteiger partial charge in [0.15, 0.2) is 5.82 Å². The molecule has 0 aliphatic carbocycles. The summed E-state index contributed by atoms with van der Waals surface area (Å²) in [6.07, 6.45) is 0. The van der Waals surface area contributed by atoms with Gasteiger partial charge < -0.3 is 19.5 Å². The van der Waals surface area contributed by atoms with Crippen molar-refractivity contribution in [3.05, 3.63) is 16.3 Å². The van der Waals surface area contributed by atoms with Crippen molar-refractivity contribution in [3.8, 4) is 5.88 Å². The average molecular weight is 379 g/mol. The maximum Gasteiger partial charge on any atom is 0.308 e. The minimum atomic E-state index is -0.863. The van der Waals surface area contributed by atoms with E-state index in [1.54, 1.807) is 12.0 Å². The number of rotatable bonds is 5. The number of hydrogen-bond acceptors (Lipinski definition) is 7. The van der Waals surface area contributed by atoms with E-state index in [9.17, 15) is 14.7 Å². The van der Waals surface area contributed by atoms with Crippen molar-refractivity contribution in [1.29, 1.82) is 0 Å². The normalized spacial score (nSPS) is 19.9. The van der Waals surface area contributed by atoms with Gasteiger partial charge in [-0.2, -0.15) is 4.98 Å². The molecule has 1 aliphatic rings. The molecule has 2 aromatic heterocycles. The number of aryl methyl sites for hydroxylation is 1. The lowest BCUT2D eigenvalue weighted by atomic mass is 9.99. The minimum Gasteiger partial charge on any atom is -0.481 e. The third kappa shape index (κ3) is 3.12. The van der Waals surface area contributed by atoms with Crippen LogP contribution in [0.5, 0.6) is 5.88 Å². The standard InChI is InChI=1S/C17H21N3O5S/c1-8-5-20(6-10(8)17(22)23)16(21)13-9(2)12-14(25-4)18-11(7-24-3)19-15(12)26-13/h8,10H,5-7H2,1-4H3,(H,22,23)/t8-,10-/m1/s1. The van der Waals surface area contributed by atoms with Gasteiger partial charge in [-0.3, -0.25) is 9.59 Å². The Morgan fingerprint density at radius 3 is 2.62 bits per heavy atom. The van der Waals surface area contributed by atoms with Crippen LogP contribution < -0.4 is 4.74 Å². The molecule has 9 heteroatoms. The highest BCUT2D eigenvalue weighted by molar-refractivity contribution is 7.20. The SMILES string of the molecule is COCc1nc(OC)c2c(C)c(C(=O)N3C[C@@H](C)[C@H](C(=O)O)C3)sc2n1. The third-order valence-electron chi connectivity index (χ3n) is 4.68. The van der Waals surface area contributed by atoms with Gasteiger partial charge in [0.05, 0.1) is 23.3 Å². The Hall–Kier alpha value is -2.26. The number of likely N-dealkylation sites (tertiary alicyclic amines) is 1. The molecule has 0 bridgehead atoms. The molecule has 0 aromatic carbocycles. The largest absolute Gasteiger partial charge is 0.481 e. The molecule has 2 atom stereocenters. The number of nitrogens with zero attached hydrogens (tertiary/aromatic N) is 3. The quantitative estimate of drug-likeness (QED) is 0.847. The first-order chi connectivity index (χ1) is 12.4. The molecule has 1 amide bonds. The van der Waals surface area contributed by atoms with Gasteiger partial charge >= 0.3 is 5.97 Å². The topological polar surface area (TPSA) is 102 Å². The highest BCUT2D eigenvalue weighted by Gasteiger charge is 2.38. The summed E-state index contributed by atoms with van der Waals surface area (Å²) in [5, 5.41) is 10.0. The smallest absolute Gasteiger partial charge is 0.308 e. The van der Waals surface area contributed by atoms with Crippen molar-refractivity contribution in [3.63, 3.8) is 0 Å². The number of ether oxygens (including phenoxy) is 2. The van der Waals surface area contributed by atoms with Crippen LogP contribution in [0.25, 0.3) is 10.2 Å². The van der Waals surface area contributed by atoms with Crippen LogP contribution in [0.2, 0.25) is 0 Å². The van der Waals surface area contributed by atoms with Crippen LogP contribution in [0.4, 0.5) is 0 Å². The van der Waals surface area contributed by atoms with Crippen LogP contribution in [0.1, 0.15) is 28.0 Å². The Morgan fingerprint density at radius 2 is 2.04 bits per heavy atom. The number of carboxylic acid groups (broad SMARTS) is 1.